The number of hydrogen-bond donors (Lipinski definition) is 0. The van der Waals surface area contributed by atoms with Crippen LogP contribution in [0.1, 0.15) is 17.0 Å². The van der Waals surface area contributed by atoms with Gasteiger partial charge in [0.2, 0.25) is 0 Å². The number of nitrogens with zero attached hydrogens (tertiary/aromatic N) is 3. The zero-order chi connectivity index (χ0) is 13.5. The molecule has 1 aliphatic rings. The third-order valence-corrected chi connectivity index (χ3v) is 4.67. The van der Waals surface area contributed by atoms with Gasteiger partial charge in [-0.15, -0.1) is 21.5 Å². The normalized spacial score (nSPS) is 13.7. The van der Waals surface area contributed by atoms with Crippen molar-refractivity contribution in [3.63, 3.8) is 0 Å². The van der Waals surface area contributed by atoms with E-state index in [1.54, 1.807) is 17.7 Å². The minimum atomic E-state index is 0.515. The molecule has 3 heterocycles. The lowest BCUT2D eigenvalue weighted by Crippen LogP contribution is -1.96. The van der Waals surface area contributed by atoms with Crippen molar-refractivity contribution in [1.29, 1.82) is 0 Å². The molecule has 5 heteroatoms. The van der Waals surface area contributed by atoms with E-state index in [2.05, 4.69) is 47.5 Å². The monoisotopic (exact) mass is 283 g/mol. The fourth-order valence-corrected chi connectivity index (χ4v) is 3.53. The number of hydrogen-bond acceptors (Lipinski definition) is 4. The van der Waals surface area contributed by atoms with Gasteiger partial charge in [-0.25, -0.2) is 0 Å². The van der Waals surface area contributed by atoms with E-state index >= 15 is 0 Å². The minimum absolute atomic E-state index is 0.515. The van der Waals surface area contributed by atoms with E-state index in [4.69, 9.17) is 4.74 Å². The Morgan fingerprint density at radius 1 is 1.20 bits per heavy atom. The van der Waals surface area contributed by atoms with Gasteiger partial charge in [0.15, 0.2) is 5.82 Å². The van der Waals surface area contributed by atoms with Gasteiger partial charge in [-0.3, -0.25) is 4.57 Å². The molecule has 0 aliphatic carbocycles. The van der Waals surface area contributed by atoms with Gasteiger partial charge in [-0.1, -0.05) is 29.8 Å². The Balaban J connectivity index is 1.84. The standard InChI is InChI=1S/C15H13N3OS/c1-10-2-4-11(5-3-10)13-6-12-7-19-8-14-17-16-9-18(14)15(12)20-13/h2-6,9H,7-8H2,1H3. The van der Waals surface area contributed by atoms with E-state index in [0.29, 0.717) is 13.2 Å². The van der Waals surface area contributed by atoms with Gasteiger partial charge in [0.1, 0.15) is 17.9 Å². The van der Waals surface area contributed by atoms with Crippen LogP contribution in [-0.4, -0.2) is 14.8 Å². The summed E-state index contributed by atoms with van der Waals surface area (Å²) >= 11 is 1.76. The van der Waals surface area contributed by atoms with Crippen LogP contribution in [0.4, 0.5) is 0 Å². The summed E-state index contributed by atoms with van der Waals surface area (Å²) in [6, 6.07) is 10.8. The van der Waals surface area contributed by atoms with E-state index in [-0.39, 0.29) is 0 Å². The van der Waals surface area contributed by atoms with Gasteiger partial charge in [0, 0.05) is 10.4 Å². The summed E-state index contributed by atoms with van der Waals surface area (Å²) in [4.78, 5) is 1.25. The van der Waals surface area contributed by atoms with Crippen LogP contribution in [0.15, 0.2) is 36.7 Å². The molecule has 100 valence electrons. The highest BCUT2D eigenvalue weighted by atomic mass is 32.1. The number of ether oxygens (including phenoxy) is 1. The summed E-state index contributed by atoms with van der Waals surface area (Å²) in [7, 11) is 0. The average molecular weight is 283 g/mol. The van der Waals surface area contributed by atoms with Gasteiger partial charge in [0.25, 0.3) is 0 Å². The molecule has 1 aromatic carbocycles. The molecule has 0 saturated heterocycles. The molecule has 0 amide bonds. The van der Waals surface area contributed by atoms with Crippen LogP contribution >= 0.6 is 11.3 Å². The number of benzene rings is 1. The number of fused-ring (bicyclic) bond motifs is 3. The summed E-state index contributed by atoms with van der Waals surface area (Å²) < 4.78 is 7.69. The molecular weight excluding hydrogens is 270 g/mol. The van der Waals surface area contributed by atoms with E-state index in [9.17, 15) is 0 Å². The Labute approximate surface area is 120 Å². The van der Waals surface area contributed by atoms with E-state index in [1.165, 1.54) is 21.6 Å². The van der Waals surface area contributed by atoms with Crippen molar-refractivity contribution >= 4 is 11.3 Å². The Morgan fingerprint density at radius 2 is 2.05 bits per heavy atom. The van der Waals surface area contributed by atoms with Crippen LogP contribution < -0.4 is 0 Å². The highest BCUT2D eigenvalue weighted by molar-refractivity contribution is 7.18. The quantitative estimate of drug-likeness (QED) is 0.687. The average Bonchev–Trinajstić information content (AvgIpc) is 3.04. The van der Waals surface area contributed by atoms with E-state index < -0.39 is 0 Å². The summed E-state index contributed by atoms with van der Waals surface area (Å²) in [6.45, 7) is 3.24. The lowest BCUT2D eigenvalue weighted by atomic mass is 10.1. The zero-order valence-corrected chi connectivity index (χ0v) is 11.9. The van der Waals surface area contributed by atoms with Crippen LogP contribution in [0.25, 0.3) is 15.4 Å². The van der Waals surface area contributed by atoms with Crippen LogP contribution in [0.5, 0.6) is 0 Å². The maximum Gasteiger partial charge on any atom is 0.164 e. The molecule has 3 aromatic rings. The molecule has 0 spiro atoms. The first kappa shape index (κ1) is 11.8. The minimum Gasteiger partial charge on any atom is -0.369 e. The maximum absolute atomic E-state index is 5.66. The van der Waals surface area contributed by atoms with E-state index in [1.807, 2.05) is 4.57 Å². The fraction of sp³-hybridized carbons (Fsp3) is 0.200. The number of thiophene rings is 1. The Hall–Kier alpha value is -1.98. The van der Waals surface area contributed by atoms with Crippen LogP contribution in [-0.2, 0) is 18.0 Å². The molecule has 20 heavy (non-hydrogen) atoms. The summed E-state index contributed by atoms with van der Waals surface area (Å²) in [5.74, 6) is 0.862. The smallest absolute Gasteiger partial charge is 0.164 e. The van der Waals surface area contributed by atoms with Crippen LogP contribution in [0, 0.1) is 6.92 Å². The molecule has 0 bridgehead atoms. The van der Waals surface area contributed by atoms with Crippen molar-refractivity contribution in [2.45, 2.75) is 20.1 Å². The summed E-state index contributed by atoms with van der Waals surface area (Å²) in [5.41, 5.74) is 3.71. The SMILES string of the molecule is Cc1ccc(-c2cc3c(s2)-n2cnnc2COC3)cc1. The molecule has 2 aromatic heterocycles. The molecule has 0 unspecified atom stereocenters. The largest absolute Gasteiger partial charge is 0.369 e. The molecule has 0 N–H and O–H groups in total. The third-order valence-electron chi connectivity index (χ3n) is 3.45. The van der Waals surface area contributed by atoms with Crippen LogP contribution in [0.2, 0.25) is 0 Å². The first-order valence-corrected chi connectivity index (χ1v) is 7.30. The second-order valence-corrected chi connectivity index (χ2v) is 5.95. The predicted molar refractivity (Wildman–Crippen MR) is 77.9 cm³/mol. The van der Waals surface area contributed by atoms with Gasteiger partial charge >= 0.3 is 0 Å². The highest BCUT2D eigenvalue weighted by Gasteiger charge is 2.19. The molecular formula is C15H13N3OS. The van der Waals surface area contributed by atoms with Gasteiger partial charge in [0.05, 0.1) is 6.61 Å². The van der Waals surface area contributed by atoms with Gasteiger partial charge in [-0.2, -0.15) is 0 Å². The maximum atomic E-state index is 5.66. The van der Waals surface area contributed by atoms with Crippen molar-refractivity contribution in [3.8, 4) is 15.4 Å². The Bertz CT molecular complexity index is 758. The topological polar surface area (TPSA) is 39.9 Å². The van der Waals surface area contributed by atoms with Gasteiger partial charge < -0.3 is 4.74 Å². The van der Waals surface area contributed by atoms with Crippen molar-refractivity contribution < 1.29 is 4.74 Å². The molecule has 4 rings (SSSR count). The summed E-state index contributed by atoms with van der Waals surface area (Å²) in [6.07, 6.45) is 1.76. The summed E-state index contributed by atoms with van der Waals surface area (Å²) in [5, 5.41) is 9.25. The van der Waals surface area contributed by atoms with E-state index in [0.717, 1.165) is 10.8 Å². The molecule has 0 atom stereocenters. The number of rotatable bonds is 1. The highest BCUT2D eigenvalue weighted by Crippen LogP contribution is 2.36. The Kier molecular flexibility index (Phi) is 2.68. The number of aromatic nitrogens is 3. The van der Waals surface area contributed by atoms with Crippen molar-refractivity contribution in [1.82, 2.24) is 14.8 Å². The second kappa shape index (κ2) is 4.54. The van der Waals surface area contributed by atoms with Crippen molar-refractivity contribution in [2.24, 2.45) is 0 Å². The molecule has 0 fully saturated rings. The predicted octanol–water partition coefficient (Wildman–Crippen LogP) is 3.33. The first-order chi connectivity index (χ1) is 9.81. The molecule has 0 radical (unpaired) electrons. The lowest BCUT2D eigenvalue weighted by Gasteiger charge is -2.00. The molecule has 0 saturated carbocycles. The molecule has 4 nitrogen and oxygen atoms in total. The number of aryl methyl sites for hydroxylation is 1. The second-order valence-electron chi connectivity index (χ2n) is 4.92. The third kappa shape index (κ3) is 1.87. The Morgan fingerprint density at radius 3 is 2.90 bits per heavy atom. The van der Waals surface area contributed by atoms with Crippen LogP contribution in [0.3, 0.4) is 0 Å². The van der Waals surface area contributed by atoms with Crippen molar-refractivity contribution in [2.75, 3.05) is 0 Å². The van der Waals surface area contributed by atoms with Crippen molar-refractivity contribution in [3.05, 3.63) is 53.6 Å². The lowest BCUT2D eigenvalue weighted by molar-refractivity contribution is 0.105. The molecule has 1 aliphatic heterocycles. The fourth-order valence-electron chi connectivity index (χ4n) is 2.37. The zero-order valence-electron chi connectivity index (χ0n) is 11.0. The first-order valence-electron chi connectivity index (χ1n) is 6.48. The van der Waals surface area contributed by atoms with Gasteiger partial charge in [-0.05, 0) is 18.6 Å².